The van der Waals surface area contributed by atoms with E-state index in [0.29, 0.717) is 34.0 Å². The number of aromatic amines is 1. The van der Waals surface area contributed by atoms with E-state index in [4.69, 9.17) is 17.3 Å². The number of nitrogen functional groups attached to an aromatic ring is 1. The fourth-order valence-corrected chi connectivity index (χ4v) is 2.50. The van der Waals surface area contributed by atoms with E-state index >= 15 is 0 Å². The van der Waals surface area contributed by atoms with Crippen LogP contribution in [-0.2, 0) is 6.54 Å². The van der Waals surface area contributed by atoms with Gasteiger partial charge < -0.3 is 10.7 Å². The lowest BCUT2D eigenvalue weighted by Gasteiger charge is -2.06. The van der Waals surface area contributed by atoms with Crippen LogP contribution < -0.4 is 11.3 Å². The summed E-state index contributed by atoms with van der Waals surface area (Å²) in [7, 11) is 0. The molecule has 20 heavy (non-hydrogen) atoms. The number of anilines is 1. The molecule has 0 amide bonds. The Balaban J connectivity index is 2.18. The lowest BCUT2D eigenvalue weighted by molar-refractivity contribution is 0.704. The first-order valence-corrected chi connectivity index (χ1v) is 6.53. The van der Waals surface area contributed by atoms with E-state index in [1.165, 1.54) is 0 Å². The van der Waals surface area contributed by atoms with E-state index < -0.39 is 0 Å². The van der Waals surface area contributed by atoms with Crippen molar-refractivity contribution in [2.45, 2.75) is 13.5 Å². The molecular weight excluding hydrogens is 276 g/mol. The summed E-state index contributed by atoms with van der Waals surface area (Å²) in [5.74, 6) is 0. The number of hydrogen-bond donors (Lipinski definition) is 2. The van der Waals surface area contributed by atoms with E-state index in [1.54, 1.807) is 17.7 Å². The molecule has 0 spiro atoms. The average Bonchev–Trinajstić information content (AvgIpc) is 2.69. The maximum Gasteiger partial charge on any atom is 0.260 e. The minimum atomic E-state index is -0.225. The molecule has 0 fully saturated rings. The first-order chi connectivity index (χ1) is 9.56. The number of pyridine rings is 1. The van der Waals surface area contributed by atoms with Crippen LogP contribution in [0.5, 0.6) is 0 Å². The molecule has 0 unspecified atom stereocenters. The largest absolute Gasteiger partial charge is 0.398 e. The van der Waals surface area contributed by atoms with Gasteiger partial charge in [0.1, 0.15) is 5.15 Å². The van der Waals surface area contributed by atoms with Crippen molar-refractivity contribution in [2.75, 3.05) is 5.73 Å². The molecular formula is C14H13ClN4O. The molecule has 0 aliphatic carbocycles. The van der Waals surface area contributed by atoms with Gasteiger partial charge in [-0.1, -0.05) is 29.8 Å². The van der Waals surface area contributed by atoms with Gasteiger partial charge in [-0.25, -0.2) is 0 Å². The Morgan fingerprint density at radius 1 is 1.40 bits per heavy atom. The second kappa shape index (κ2) is 4.68. The number of para-hydroxylation sites is 1. The lowest BCUT2D eigenvalue weighted by Crippen LogP contribution is -2.08. The third kappa shape index (κ3) is 2.06. The lowest BCUT2D eigenvalue weighted by atomic mass is 10.2. The highest BCUT2D eigenvalue weighted by Crippen LogP contribution is 2.19. The molecule has 2 heterocycles. The molecule has 3 rings (SSSR count). The molecule has 0 saturated heterocycles. The maximum absolute atomic E-state index is 11.9. The van der Waals surface area contributed by atoms with E-state index in [-0.39, 0.29) is 5.56 Å². The number of benzene rings is 1. The van der Waals surface area contributed by atoms with Crippen LogP contribution in [-0.4, -0.2) is 14.8 Å². The van der Waals surface area contributed by atoms with Gasteiger partial charge in [-0.3, -0.25) is 9.48 Å². The standard InChI is InChI=1S/C14H13ClN4O/c1-8-13-11(6-12(15)17-14(13)20)19(18-8)7-9-4-2-3-5-10(9)16/h2-6H,7,16H2,1H3,(H,17,20). The number of hydrogen-bond acceptors (Lipinski definition) is 3. The van der Waals surface area contributed by atoms with E-state index in [0.717, 1.165) is 5.56 Å². The Morgan fingerprint density at radius 3 is 2.90 bits per heavy atom. The zero-order chi connectivity index (χ0) is 14.3. The molecule has 6 heteroatoms. The molecule has 0 aliphatic heterocycles. The van der Waals surface area contributed by atoms with Gasteiger partial charge in [-0.05, 0) is 24.6 Å². The Bertz CT molecular complexity index is 850. The molecule has 1 aromatic carbocycles. The van der Waals surface area contributed by atoms with Crippen LogP contribution in [0.15, 0.2) is 35.1 Å². The highest BCUT2D eigenvalue weighted by molar-refractivity contribution is 6.30. The summed E-state index contributed by atoms with van der Waals surface area (Å²) in [5.41, 5.74) is 8.75. The summed E-state index contributed by atoms with van der Waals surface area (Å²) < 4.78 is 1.75. The van der Waals surface area contributed by atoms with Crippen molar-refractivity contribution in [3.8, 4) is 0 Å². The van der Waals surface area contributed by atoms with E-state index in [9.17, 15) is 4.79 Å². The first-order valence-electron chi connectivity index (χ1n) is 6.15. The van der Waals surface area contributed by atoms with Gasteiger partial charge in [-0.2, -0.15) is 5.10 Å². The Kier molecular flexibility index (Phi) is 2.99. The number of H-pyrrole nitrogens is 1. The minimum absolute atomic E-state index is 0.225. The minimum Gasteiger partial charge on any atom is -0.398 e. The molecule has 0 saturated carbocycles. The van der Waals surface area contributed by atoms with Crippen LogP contribution in [0.1, 0.15) is 11.3 Å². The molecule has 0 aliphatic rings. The number of nitrogens with one attached hydrogen (secondary N) is 1. The van der Waals surface area contributed by atoms with Crippen molar-refractivity contribution in [2.24, 2.45) is 0 Å². The van der Waals surface area contributed by atoms with Gasteiger partial charge in [0.25, 0.3) is 5.56 Å². The van der Waals surface area contributed by atoms with Crippen LogP contribution in [0, 0.1) is 6.92 Å². The molecule has 0 bridgehead atoms. The fourth-order valence-electron chi connectivity index (χ4n) is 2.31. The second-order valence-electron chi connectivity index (χ2n) is 4.65. The van der Waals surface area contributed by atoms with Gasteiger partial charge in [0.2, 0.25) is 0 Å². The third-order valence-corrected chi connectivity index (χ3v) is 3.47. The van der Waals surface area contributed by atoms with Gasteiger partial charge in [-0.15, -0.1) is 0 Å². The van der Waals surface area contributed by atoms with Crippen LogP contribution in [0.2, 0.25) is 5.15 Å². The summed E-state index contributed by atoms with van der Waals surface area (Å²) in [6, 6.07) is 9.29. The molecule has 5 nitrogen and oxygen atoms in total. The van der Waals surface area contributed by atoms with E-state index in [2.05, 4.69) is 10.1 Å². The number of halogens is 1. The number of nitrogens with zero attached hydrogens (tertiary/aromatic N) is 2. The van der Waals surface area contributed by atoms with Crippen molar-refractivity contribution in [3.63, 3.8) is 0 Å². The summed E-state index contributed by atoms with van der Waals surface area (Å²) in [6.07, 6.45) is 0. The summed E-state index contributed by atoms with van der Waals surface area (Å²) in [4.78, 5) is 14.5. The maximum atomic E-state index is 11.9. The van der Waals surface area contributed by atoms with Crippen LogP contribution >= 0.6 is 11.6 Å². The molecule has 0 atom stereocenters. The number of aromatic nitrogens is 3. The molecule has 102 valence electrons. The number of fused-ring (bicyclic) bond motifs is 1. The average molecular weight is 289 g/mol. The number of rotatable bonds is 2. The van der Waals surface area contributed by atoms with Crippen molar-refractivity contribution in [1.29, 1.82) is 0 Å². The number of nitrogens with two attached hydrogens (primary N) is 1. The highest BCUT2D eigenvalue weighted by Gasteiger charge is 2.12. The summed E-state index contributed by atoms with van der Waals surface area (Å²) in [6.45, 7) is 2.30. The monoisotopic (exact) mass is 288 g/mol. The van der Waals surface area contributed by atoms with Crippen LogP contribution in [0.3, 0.4) is 0 Å². The predicted octanol–water partition coefficient (Wildman–Crippen LogP) is 2.32. The Hall–Kier alpha value is -2.27. The van der Waals surface area contributed by atoms with Gasteiger partial charge in [0, 0.05) is 5.69 Å². The zero-order valence-electron chi connectivity index (χ0n) is 10.9. The highest BCUT2D eigenvalue weighted by atomic mass is 35.5. The van der Waals surface area contributed by atoms with Crippen molar-refractivity contribution >= 4 is 28.2 Å². The molecule has 3 aromatic rings. The predicted molar refractivity (Wildman–Crippen MR) is 80.1 cm³/mol. The molecule has 3 N–H and O–H groups in total. The molecule has 0 radical (unpaired) electrons. The van der Waals surface area contributed by atoms with Crippen molar-refractivity contribution in [1.82, 2.24) is 14.8 Å². The van der Waals surface area contributed by atoms with Gasteiger partial charge in [0.15, 0.2) is 0 Å². The SMILES string of the molecule is Cc1nn(Cc2ccccc2N)c2cc(Cl)[nH]c(=O)c12. The third-order valence-electron chi connectivity index (χ3n) is 3.27. The quantitative estimate of drug-likeness (QED) is 0.561. The normalized spacial score (nSPS) is 11.1. The Morgan fingerprint density at radius 2 is 2.15 bits per heavy atom. The summed E-state index contributed by atoms with van der Waals surface area (Å²) in [5, 5.41) is 5.27. The van der Waals surface area contributed by atoms with Crippen molar-refractivity contribution in [3.05, 3.63) is 57.1 Å². The Labute approximate surface area is 120 Å². The van der Waals surface area contributed by atoms with Gasteiger partial charge in [0.05, 0.1) is 23.1 Å². The van der Waals surface area contributed by atoms with Crippen molar-refractivity contribution < 1.29 is 0 Å². The summed E-state index contributed by atoms with van der Waals surface area (Å²) >= 11 is 5.92. The molecule has 2 aromatic heterocycles. The van der Waals surface area contributed by atoms with Crippen LogP contribution in [0.25, 0.3) is 10.9 Å². The zero-order valence-corrected chi connectivity index (χ0v) is 11.6. The number of aryl methyl sites for hydroxylation is 1. The fraction of sp³-hybridized carbons (Fsp3) is 0.143. The smallest absolute Gasteiger partial charge is 0.260 e. The van der Waals surface area contributed by atoms with Gasteiger partial charge >= 0.3 is 0 Å². The van der Waals surface area contributed by atoms with Crippen LogP contribution in [0.4, 0.5) is 5.69 Å². The topological polar surface area (TPSA) is 76.7 Å². The second-order valence-corrected chi connectivity index (χ2v) is 5.06. The first kappa shape index (κ1) is 12.7. The van der Waals surface area contributed by atoms with E-state index in [1.807, 2.05) is 24.3 Å².